The maximum absolute atomic E-state index is 12.9. The molecule has 0 fully saturated rings. The van der Waals surface area contributed by atoms with E-state index >= 15 is 0 Å². The molecule has 0 saturated heterocycles. The first-order valence-corrected chi connectivity index (χ1v) is 8.24. The SMILES string of the molecule is CCCN1Cc2c3c(c4cc(C)ccc4c2C1=O)C=CCC3. The van der Waals surface area contributed by atoms with Gasteiger partial charge >= 0.3 is 0 Å². The Bertz CT molecular complexity index is 816. The summed E-state index contributed by atoms with van der Waals surface area (Å²) >= 11 is 0. The van der Waals surface area contributed by atoms with Crippen molar-refractivity contribution in [1.29, 1.82) is 0 Å². The van der Waals surface area contributed by atoms with Gasteiger partial charge in [0.05, 0.1) is 5.56 Å². The quantitative estimate of drug-likeness (QED) is 0.799. The zero-order valence-electron chi connectivity index (χ0n) is 13.3. The fourth-order valence-corrected chi connectivity index (χ4v) is 3.93. The lowest BCUT2D eigenvalue weighted by Gasteiger charge is -2.18. The molecule has 0 bridgehead atoms. The predicted octanol–water partition coefficient (Wildman–Crippen LogP) is 4.47. The summed E-state index contributed by atoms with van der Waals surface area (Å²) in [5.41, 5.74) is 6.26. The van der Waals surface area contributed by atoms with Gasteiger partial charge in [-0.1, -0.05) is 42.8 Å². The van der Waals surface area contributed by atoms with Crippen LogP contribution in [0.1, 0.15) is 52.4 Å². The lowest BCUT2D eigenvalue weighted by Crippen LogP contribution is -2.24. The molecule has 2 aromatic rings. The summed E-state index contributed by atoms with van der Waals surface area (Å²) in [6.07, 6.45) is 7.67. The molecule has 0 atom stereocenters. The zero-order chi connectivity index (χ0) is 15.3. The molecule has 1 aliphatic heterocycles. The number of rotatable bonds is 2. The normalized spacial score (nSPS) is 16.3. The molecule has 0 aromatic heterocycles. The van der Waals surface area contributed by atoms with Crippen molar-refractivity contribution in [2.75, 3.05) is 6.54 Å². The molecule has 0 N–H and O–H groups in total. The lowest BCUT2D eigenvalue weighted by atomic mass is 9.85. The molecule has 0 unspecified atom stereocenters. The van der Waals surface area contributed by atoms with Crippen LogP contribution in [-0.4, -0.2) is 17.4 Å². The summed E-state index contributed by atoms with van der Waals surface area (Å²) in [4.78, 5) is 14.9. The summed E-state index contributed by atoms with van der Waals surface area (Å²) in [6, 6.07) is 6.50. The van der Waals surface area contributed by atoms with Gasteiger partial charge in [-0.15, -0.1) is 0 Å². The van der Waals surface area contributed by atoms with Gasteiger partial charge in [-0.3, -0.25) is 4.79 Å². The topological polar surface area (TPSA) is 20.3 Å². The van der Waals surface area contributed by atoms with Gasteiger partial charge in [-0.05, 0) is 53.6 Å². The van der Waals surface area contributed by atoms with Crippen LogP contribution in [0, 0.1) is 6.92 Å². The monoisotopic (exact) mass is 291 g/mol. The van der Waals surface area contributed by atoms with Crippen LogP contribution in [0.2, 0.25) is 0 Å². The molecule has 2 heteroatoms. The minimum Gasteiger partial charge on any atom is -0.334 e. The van der Waals surface area contributed by atoms with E-state index in [0.29, 0.717) is 0 Å². The number of benzene rings is 2. The highest BCUT2D eigenvalue weighted by atomic mass is 16.2. The average molecular weight is 291 g/mol. The van der Waals surface area contributed by atoms with E-state index in [1.54, 1.807) is 0 Å². The van der Waals surface area contributed by atoms with Crippen molar-refractivity contribution in [3.05, 3.63) is 52.1 Å². The molecule has 4 rings (SSSR count). The third-order valence-electron chi connectivity index (χ3n) is 4.91. The Balaban J connectivity index is 2.05. The van der Waals surface area contributed by atoms with E-state index in [0.717, 1.165) is 43.3 Å². The number of carbonyl (C=O) groups is 1. The first-order chi connectivity index (χ1) is 10.7. The summed E-state index contributed by atoms with van der Waals surface area (Å²) in [5.74, 6) is 0.225. The minimum absolute atomic E-state index is 0.225. The van der Waals surface area contributed by atoms with E-state index in [2.05, 4.69) is 44.2 Å². The Hall–Kier alpha value is -2.09. The molecular weight excluding hydrogens is 270 g/mol. The third kappa shape index (κ3) is 1.83. The van der Waals surface area contributed by atoms with Gasteiger partial charge in [0.2, 0.25) is 0 Å². The van der Waals surface area contributed by atoms with E-state index in [1.165, 1.54) is 27.6 Å². The molecule has 2 aromatic carbocycles. The Labute approximate surface area is 131 Å². The van der Waals surface area contributed by atoms with Crippen LogP contribution in [-0.2, 0) is 13.0 Å². The molecule has 112 valence electrons. The van der Waals surface area contributed by atoms with Gasteiger partial charge in [0.25, 0.3) is 5.91 Å². The largest absolute Gasteiger partial charge is 0.334 e. The van der Waals surface area contributed by atoms with Crippen molar-refractivity contribution in [3.63, 3.8) is 0 Å². The molecule has 0 saturated carbocycles. The number of aryl methyl sites for hydroxylation is 1. The lowest BCUT2D eigenvalue weighted by molar-refractivity contribution is 0.0780. The standard InChI is InChI=1S/C20H21NO/c1-3-10-21-12-18-15-7-5-4-6-14(15)17-11-13(2)8-9-16(17)19(18)20(21)22/h4,6,8-9,11H,3,5,7,10,12H2,1-2H3. The van der Waals surface area contributed by atoms with Crippen LogP contribution < -0.4 is 0 Å². The molecule has 2 nitrogen and oxygen atoms in total. The number of hydrogen-bond donors (Lipinski definition) is 0. The highest BCUT2D eigenvalue weighted by Crippen LogP contribution is 2.39. The highest BCUT2D eigenvalue weighted by molar-refractivity contribution is 6.13. The first kappa shape index (κ1) is 13.6. The summed E-state index contributed by atoms with van der Waals surface area (Å²) < 4.78 is 0. The van der Waals surface area contributed by atoms with Crippen LogP contribution in [0.3, 0.4) is 0 Å². The van der Waals surface area contributed by atoms with E-state index in [9.17, 15) is 4.79 Å². The van der Waals surface area contributed by atoms with E-state index in [1.807, 2.05) is 4.90 Å². The Morgan fingerprint density at radius 2 is 2.05 bits per heavy atom. The van der Waals surface area contributed by atoms with Crippen molar-refractivity contribution in [1.82, 2.24) is 4.90 Å². The van der Waals surface area contributed by atoms with Crippen LogP contribution in [0.15, 0.2) is 24.3 Å². The predicted molar refractivity (Wildman–Crippen MR) is 91.1 cm³/mol. The number of hydrogen-bond acceptors (Lipinski definition) is 1. The Morgan fingerprint density at radius 1 is 1.18 bits per heavy atom. The van der Waals surface area contributed by atoms with Gasteiger partial charge in [0.15, 0.2) is 0 Å². The zero-order valence-corrected chi connectivity index (χ0v) is 13.3. The van der Waals surface area contributed by atoms with Crippen molar-refractivity contribution in [2.24, 2.45) is 0 Å². The van der Waals surface area contributed by atoms with Crippen LogP contribution in [0.4, 0.5) is 0 Å². The van der Waals surface area contributed by atoms with E-state index in [4.69, 9.17) is 0 Å². The molecule has 0 radical (unpaired) electrons. The second-order valence-corrected chi connectivity index (χ2v) is 6.46. The van der Waals surface area contributed by atoms with Crippen molar-refractivity contribution in [2.45, 2.75) is 39.7 Å². The fourth-order valence-electron chi connectivity index (χ4n) is 3.93. The Morgan fingerprint density at radius 3 is 2.86 bits per heavy atom. The molecule has 0 spiro atoms. The summed E-state index contributed by atoms with van der Waals surface area (Å²) in [5, 5.41) is 2.38. The van der Waals surface area contributed by atoms with Gasteiger partial charge in [-0.2, -0.15) is 0 Å². The molecule has 22 heavy (non-hydrogen) atoms. The maximum atomic E-state index is 12.9. The summed E-state index contributed by atoms with van der Waals surface area (Å²) in [6.45, 7) is 5.90. The minimum atomic E-state index is 0.225. The van der Waals surface area contributed by atoms with E-state index < -0.39 is 0 Å². The van der Waals surface area contributed by atoms with Crippen LogP contribution >= 0.6 is 0 Å². The van der Waals surface area contributed by atoms with Crippen LogP contribution in [0.25, 0.3) is 16.8 Å². The third-order valence-corrected chi connectivity index (χ3v) is 4.91. The second-order valence-electron chi connectivity index (χ2n) is 6.46. The van der Waals surface area contributed by atoms with Gasteiger partial charge in [0, 0.05) is 13.1 Å². The molecule has 2 aliphatic rings. The molecule has 1 aliphatic carbocycles. The number of allylic oxidation sites excluding steroid dienone is 1. The maximum Gasteiger partial charge on any atom is 0.255 e. The second kappa shape index (κ2) is 4.98. The summed E-state index contributed by atoms with van der Waals surface area (Å²) in [7, 11) is 0. The highest BCUT2D eigenvalue weighted by Gasteiger charge is 2.32. The van der Waals surface area contributed by atoms with Crippen molar-refractivity contribution < 1.29 is 4.79 Å². The number of fused-ring (bicyclic) bond motifs is 6. The Kier molecular flexibility index (Phi) is 3.07. The number of amides is 1. The molecule has 1 heterocycles. The molecule has 1 amide bonds. The number of carbonyl (C=O) groups excluding carboxylic acids is 1. The van der Waals surface area contributed by atoms with Crippen molar-refractivity contribution >= 4 is 22.8 Å². The fraction of sp³-hybridized carbons (Fsp3) is 0.350. The van der Waals surface area contributed by atoms with Crippen LogP contribution in [0.5, 0.6) is 0 Å². The first-order valence-electron chi connectivity index (χ1n) is 8.24. The van der Waals surface area contributed by atoms with Crippen molar-refractivity contribution in [3.8, 4) is 0 Å². The van der Waals surface area contributed by atoms with Gasteiger partial charge in [0.1, 0.15) is 0 Å². The van der Waals surface area contributed by atoms with Gasteiger partial charge in [-0.25, -0.2) is 0 Å². The number of nitrogens with zero attached hydrogens (tertiary/aromatic N) is 1. The van der Waals surface area contributed by atoms with Gasteiger partial charge < -0.3 is 4.90 Å². The smallest absolute Gasteiger partial charge is 0.255 e. The van der Waals surface area contributed by atoms with E-state index in [-0.39, 0.29) is 5.91 Å². The molecular formula is C20H21NO. The average Bonchev–Trinajstić information content (AvgIpc) is 2.85.